The number of nitrogens with one attached hydrogen (secondary N) is 1. The Hall–Kier alpha value is -2.12. The topological polar surface area (TPSA) is 62.1 Å². The van der Waals surface area contributed by atoms with Gasteiger partial charge in [0.2, 0.25) is 0 Å². The van der Waals surface area contributed by atoms with Crippen molar-refractivity contribution < 1.29 is 9.53 Å². The molecule has 1 fully saturated rings. The molecule has 1 heterocycles. The number of hydrogen-bond acceptors (Lipinski definition) is 3. The third-order valence-corrected chi connectivity index (χ3v) is 3.27. The molecular weight excluding hydrogens is 252 g/mol. The van der Waals surface area contributed by atoms with E-state index < -0.39 is 0 Å². The van der Waals surface area contributed by atoms with Crippen LogP contribution in [0.15, 0.2) is 29.8 Å². The second-order valence-electron chi connectivity index (χ2n) is 4.93. The SMILES string of the molecule is Cc1ccc(/C=C(/C#N)C(=O)NC[C@@H]2CCCO2)cc1. The highest BCUT2D eigenvalue weighted by molar-refractivity contribution is 6.01. The summed E-state index contributed by atoms with van der Waals surface area (Å²) in [5.41, 5.74) is 2.11. The van der Waals surface area contributed by atoms with Crippen molar-refractivity contribution in [2.75, 3.05) is 13.2 Å². The quantitative estimate of drug-likeness (QED) is 0.674. The van der Waals surface area contributed by atoms with Gasteiger partial charge in [-0.15, -0.1) is 0 Å². The second kappa shape index (κ2) is 6.88. The summed E-state index contributed by atoms with van der Waals surface area (Å²) in [6.07, 6.45) is 3.68. The number of amides is 1. The predicted molar refractivity (Wildman–Crippen MR) is 76.8 cm³/mol. The van der Waals surface area contributed by atoms with Gasteiger partial charge in [0.05, 0.1) is 6.10 Å². The summed E-state index contributed by atoms with van der Waals surface area (Å²) in [6.45, 7) is 3.21. The Morgan fingerprint density at radius 1 is 1.50 bits per heavy atom. The van der Waals surface area contributed by atoms with Crippen LogP contribution in [0.2, 0.25) is 0 Å². The van der Waals surface area contributed by atoms with E-state index in [0.29, 0.717) is 6.54 Å². The van der Waals surface area contributed by atoms with Gasteiger partial charge >= 0.3 is 0 Å². The Balaban J connectivity index is 1.97. The van der Waals surface area contributed by atoms with Crippen molar-refractivity contribution in [1.29, 1.82) is 5.26 Å². The first-order valence-electron chi connectivity index (χ1n) is 6.77. The number of nitriles is 1. The van der Waals surface area contributed by atoms with Crippen molar-refractivity contribution in [3.63, 3.8) is 0 Å². The molecule has 4 heteroatoms. The number of benzene rings is 1. The number of carbonyl (C=O) groups is 1. The molecule has 0 spiro atoms. The molecule has 1 aliphatic rings. The smallest absolute Gasteiger partial charge is 0.262 e. The highest BCUT2D eigenvalue weighted by Gasteiger charge is 2.17. The lowest BCUT2D eigenvalue weighted by atomic mass is 10.1. The average molecular weight is 270 g/mol. The molecule has 0 unspecified atom stereocenters. The normalized spacial score (nSPS) is 18.6. The number of rotatable bonds is 4. The van der Waals surface area contributed by atoms with Crippen LogP contribution in [-0.4, -0.2) is 25.2 Å². The van der Waals surface area contributed by atoms with Crippen LogP contribution < -0.4 is 5.32 Å². The highest BCUT2D eigenvalue weighted by atomic mass is 16.5. The monoisotopic (exact) mass is 270 g/mol. The molecule has 0 aromatic heterocycles. The molecule has 2 rings (SSSR count). The van der Waals surface area contributed by atoms with Crippen molar-refractivity contribution in [3.8, 4) is 6.07 Å². The zero-order chi connectivity index (χ0) is 14.4. The third-order valence-electron chi connectivity index (χ3n) is 3.27. The maximum atomic E-state index is 11.9. The summed E-state index contributed by atoms with van der Waals surface area (Å²) in [5.74, 6) is -0.344. The first kappa shape index (κ1) is 14.3. The second-order valence-corrected chi connectivity index (χ2v) is 4.93. The molecule has 1 saturated heterocycles. The molecule has 1 aromatic rings. The Morgan fingerprint density at radius 3 is 2.85 bits per heavy atom. The van der Waals surface area contributed by atoms with Crippen molar-refractivity contribution in [3.05, 3.63) is 41.0 Å². The molecule has 20 heavy (non-hydrogen) atoms. The Bertz CT molecular complexity index is 535. The van der Waals surface area contributed by atoms with Gasteiger partial charge in [0, 0.05) is 13.2 Å². The van der Waals surface area contributed by atoms with Crippen LogP contribution in [0.1, 0.15) is 24.0 Å². The van der Waals surface area contributed by atoms with Crippen LogP contribution in [-0.2, 0) is 9.53 Å². The van der Waals surface area contributed by atoms with E-state index in [1.54, 1.807) is 6.08 Å². The standard InChI is InChI=1S/C16H18N2O2/c1-12-4-6-13(7-5-12)9-14(10-17)16(19)18-11-15-3-2-8-20-15/h4-7,9,15H,2-3,8,11H2,1H3,(H,18,19)/b14-9-/t15-/m0/s1. The van der Waals surface area contributed by atoms with Gasteiger partial charge in [-0.05, 0) is 31.4 Å². The van der Waals surface area contributed by atoms with Gasteiger partial charge in [0.1, 0.15) is 11.6 Å². The number of hydrogen-bond donors (Lipinski definition) is 1. The van der Waals surface area contributed by atoms with E-state index in [0.717, 1.165) is 30.6 Å². The molecule has 0 saturated carbocycles. The van der Waals surface area contributed by atoms with E-state index in [1.165, 1.54) is 0 Å². The minimum Gasteiger partial charge on any atom is -0.376 e. The maximum Gasteiger partial charge on any atom is 0.262 e. The van der Waals surface area contributed by atoms with Crippen molar-refractivity contribution in [1.82, 2.24) is 5.32 Å². The van der Waals surface area contributed by atoms with E-state index >= 15 is 0 Å². The fourth-order valence-corrected chi connectivity index (χ4v) is 2.09. The van der Waals surface area contributed by atoms with Crippen LogP contribution >= 0.6 is 0 Å². The van der Waals surface area contributed by atoms with E-state index in [4.69, 9.17) is 10.00 Å². The molecule has 0 bridgehead atoms. The Morgan fingerprint density at radius 2 is 2.25 bits per heavy atom. The van der Waals surface area contributed by atoms with Crippen LogP contribution in [0.5, 0.6) is 0 Å². The number of ether oxygens (including phenoxy) is 1. The first-order chi connectivity index (χ1) is 9.69. The van der Waals surface area contributed by atoms with Crippen LogP contribution in [0.25, 0.3) is 6.08 Å². The lowest BCUT2D eigenvalue weighted by Crippen LogP contribution is -2.32. The summed E-state index contributed by atoms with van der Waals surface area (Å²) < 4.78 is 5.43. The lowest BCUT2D eigenvalue weighted by molar-refractivity contribution is -0.117. The predicted octanol–water partition coefficient (Wildman–Crippen LogP) is 2.20. The number of carbonyl (C=O) groups excluding carboxylic acids is 1. The fourth-order valence-electron chi connectivity index (χ4n) is 2.09. The Kier molecular flexibility index (Phi) is 4.91. The van der Waals surface area contributed by atoms with Gasteiger partial charge < -0.3 is 10.1 Å². The van der Waals surface area contributed by atoms with Crippen molar-refractivity contribution >= 4 is 12.0 Å². The molecule has 0 radical (unpaired) electrons. The van der Waals surface area contributed by atoms with Crippen molar-refractivity contribution in [2.24, 2.45) is 0 Å². The van der Waals surface area contributed by atoms with Crippen LogP contribution in [0.4, 0.5) is 0 Å². The molecular formula is C16H18N2O2. The minimum absolute atomic E-state index is 0.0817. The lowest BCUT2D eigenvalue weighted by Gasteiger charge is -2.10. The fraction of sp³-hybridized carbons (Fsp3) is 0.375. The van der Waals surface area contributed by atoms with E-state index in [1.807, 2.05) is 37.3 Å². The zero-order valence-corrected chi connectivity index (χ0v) is 11.6. The molecule has 0 aliphatic carbocycles. The first-order valence-corrected chi connectivity index (χ1v) is 6.77. The summed E-state index contributed by atoms with van der Waals surface area (Å²) in [4.78, 5) is 11.9. The number of aryl methyl sites for hydroxylation is 1. The molecule has 4 nitrogen and oxygen atoms in total. The van der Waals surface area contributed by atoms with Crippen LogP contribution in [0, 0.1) is 18.3 Å². The summed E-state index contributed by atoms with van der Waals surface area (Å²) >= 11 is 0. The average Bonchev–Trinajstić information content (AvgIpc) is 2.97. The molecule has 1 amide bonds. The minimum atomic E-state index is -0.344. The summed E-state index contributed by atoms with van der Waals surface area (Å²) in [5, 5.41) is 11.8. The van der Waals surface area contributed by atoms with Crippen LogP contribution in [0.3, 0.4) is 0 Å². The van der Waals surface area contributed by atoms with Gasteiger partial charge in [-0.2, -0.15) is 5.26 Å². The van der Waals surface area contributed by atoms with Gasteiger partial charge in [-0.3, -0.25) is 4.79 Å². The van der Waals surface area contributed by atoms with E-state index in [9.17, 15) is 4.79 Å². The summed E-state index contributed by atoms with van der Waals surface area (Å²) in [6, 6.07) is 9.63. The van der Waals surface area contributed by atoms with Crippen molar-refractivity contribution in [2.45, 2.75) is 25.9 Å². The summed E-state index contributed by atoms with van der Waals surface area (Å²) in [7, 11) is 0. The van der Waals surface area contributed by atoms with E-state index in [2.05, 4.69) is 5.32 Å². The maximum absolute atomic E-state index is 11.9. The largest absolute Gasteiger partial charge is 0.376 e. The number of nitrogens with zero attached hydrogens (tertiary/aromatic N) is 1. The van der Waals surface area contributed by atoms with E-state index in [-0.39, 0.29) is 17.6 Å². The molecule has 1 N–H and O–H groups in total. The Labute approximate surface area is 119 Å². The highest BCUT2D eigenvalue weighted by Crippen LogP contribution is 2.11. The van der Waals surface area contributed by atoms with Gasteiger partial charge in [0.25, 0.3) is 5.91 Å². The molecule has 1 atom stereocenters. The third kappa shape index (κ3) is 3.94. The zero-order valence-electron chi connectivity index (χ0n) is 11.6. The van der Waals surface area contributed by atoms with Gasteiger partial charge in [0.15, 0.2) is 0 Å². The molecule has 1 aliphatic heterocycles. The molecule has 1 aromatic carbocycles. The van der Waals surface area contributed by atoms with Gasteiger partial charge in [-0.1, -0.05) is 29.8 Å². The van der Waals surface area contributed by atoms with Gasteiger partial charge in [-0.25, -0.2) is 0 Å². The molecule has 104 valence electrons.